The smallest absolute Gasteiger partial charge is 1.00 e. The van der Waals surface area contributed by atoms with Crippen molar-refractivity contribution in [3.05, 3.63) is 256 Å². The molecule has 0 saturated heterocycles. The van der Waals surface area contributed by atoms with Crippen molar-refractivity contribution in [2.24, 2.45) is 23.7 Å². The molecule has 8 aliphatic carbocycles. The molecule has 9 aromatic carbocycles. The second kappa shape index (κ2) is 26.2. The van der Waals surface area contributed by atoms with Crippen LogP contribution in [0.2, 0.25) is 0 Å². The van der Waals surface area contributed by atoms with Crippen molar-refractivity contribution in [1.82, 2.24) is 0 Å². The molecule has 0 amide bonds. The standard InChI is InChI=1S/C32H28O3.C15H14O.C13H16O.C13H14O.C6H5.BrH.Mg/c1-33-24-13-9-22(10-14-24)32(23-11-15-25(34-2)16-12-23)18-17-28-30-21-8-7-20(19-21)29(30)26-5-3-4-6-27(26)31(28)35-32;16-14-8-13-9-5-6-10(7-9)15(13)12-4-2-1-3-11(12)14;2*14-13-11-7-6-10(8-11)12(13)9-4-2-1-3-5-9;1-2-4-6-5-3-1;;/h3-6,9-18,20-21H,7-8,19H2,1-2H3;1-4,8-10,16H,5-7H2;1-5,10-14H,6-8H2;1-5,10-12H,6-8H2;1-5H;1H;/q;;;;-1;;+2/p-1. The zero-order valence-corrected chi connectivity index (χ0v) is 53.1. The summed E-state index contributed by atoms with van der Waals surface area (Å²) in [4.78, 5) is 12.0. The Morgan fingerprint density at radius 3 is 1.57 bits per heavy atom. The van der Waals surface area contributed by atoms with E-state index in [2.05, 4.69) is 115 Å². The van der Waals surface area contributed by atoms with E-state index in [1.807, 2.05) is 97.1 Å². The van der Waals surface area contributed by atoms with Crippen molar-refractivity contribution in [3.63, 3.8) is 0 Å². The molecule has 2 N–H and O–H groups in total. The number of phenolic OH excluding ortho intramolecular Hbond substituents is 1. The molecule has 6 fully saturated rings. The second-order valence-corrected chi connectivity index (χ2v) is 25.5. The molecule has 9 aromatic rings. The van der Waals surface area contributed by atoms with Gasteiger partial charge in [0.1, 0.15) is 28.8 Å². The molecule has 438 valence electrons. The van der Waals surface area contributed by atoms with E-state index < -0.39 is 5.60 Å². The number of hydrogen-bond donors (Lipinski definition) is 2. The Morgan fingerprint density at radius 2 is 1.01 bits per heavy atom. The second-order valence-electron chi connectivity index (χ2n) is 25.5. The van der Waals surface area contributed by atoms with Crippen LogP contribution in [0, 0.1) is 29.7 Å². The number of fused-ring (bicyclic) bond motifs is 21. The molecule has 9 aliphatic rings. The van der Waals surface area contributed by atoms with Gasteiger partial charge in [0.2, 0.25) is 0 Å². The van der Waals surface area contributed by atoms with Gasteiger partial charge in [0.25, 0.3) is 0 Å². The molecule has 8 bridgehead atoms. The molecule has 18 rings (SSSR count). The van der Waals surface area contributed by atoms with Gasteiger partial charge in [-0.1, -0.05) is 140 Å². The molecule has 0 aromatic heterocycles. The Morgan fingerprint density at radius 1 is 0.506 bits per heavy atom. The average molecular weight is 1230 g/mol. The minimum atomic E-state index is -0.750. The quantitative estimate of drug-likeness (QED) is 0.127. The predicted molar refractivity (Wildman–Crippen MR) is 347 cm³/mol. The Bertz CT molecular complexity index is 3790. The van der Waals surface area contributed by atoms with E-state index in [1.165, 1.54) is 114 Å². The third-order valence-corrected chi connectivity index (χ3v) is 21.2. The van der Waals surface area contributed by atoms with Crippen LogP contribution in [-0.4, -0.2) is 59.4 Å². The van der Waals surface area contributed by atoms with Gasteiger partial charge >= 0.3 is 23.1 Å². The van der Waals surface area contributed by atoms with Gasteiger partial charge in [-0.15, -0.1) is 0 Å². The van der Waals surface area contributed by atoms with Crippen LogP contribution in [0.1, 0.15) is 163 Å². The van der Waals surface area contributed by atoms with Gasteiger partial charge < -0.3 is 41.4 Å². The number of halogens is 1. The van der Waals surface area contributed by atoms with Gasteiger partial charge in [-0.25, -0.2) is 0 Å². The number of rotatable bonds is 6. The first-order valence-electron chi connectivity index (χ1n) is 31.5. The number of benzene rings is 9. The molecule has 1 aliphatic heterocycles. The molecule has 0 spiro atoms. The SMILES string of the molecule is COc1ccc(C2(c3ccc(OC)cc3)C=Cc3c4c(c5ccccc5c3O2)C2CCC4C2)cc1.O=C1C2CCC(C2)C1c1ccccc1.OC1C2CCC(C2)C1c1ccccc1.Oc1cc2c(c3ccccc13)C1CCC2C1.[Br-].[Mg+2].[c-]1ccccc1. The predicted octanol–water partition coefficient (Wildman–Crippen LogP) is 14.9. The number of carbonyl (C=O) groups is 1. The summed E-state index contributed by atoms with van der Waals surface area (Å²) in [6, 6.07) is 68.9. The van der Waals surface area contributed by atoms with E-state index in [0.717, 1.165) is 64.4 Å². The number of aliphatic hydroxyl groups is 1. The van der Waals surface area contributed by atoms with E-state index in [-0.39, 0.29) is 52.1 Å². The monoisotopic (exact) mass is 1220 g/mol. The van der Waals surface area contributed by atoms with Gasteiger partial charge in [0.05, 0.1) is 20.3 Å². The number of aromatic hydroxyl groups is 1. The normalized spacial score (nSPS) is 25.9. The van der Waals surface area contributed by atoms with Crippen LogP contribution >= 0.6 is 0 Å². The molecule has 8 heteroatoms. The van der Waals surface area contributed by atoms with Crippen LogP contribution in [0.3, 0.4) is 0 Å². The molecule has 6 nitrogen and oxygen atoms in total. The first-order chi connectivity index (χ1) is 41.8. The Kier molecular flexibility index (Phi) is 18.2. The molecule has 1 heterocycles. The van der Waals surface area contributed by atoms with E-state index in [1.54, 1.807) is 19.8 Å². The molecular formula is C79H77BrMgO6. The summed E-state index contributed by atoms with van der Waals surface area (Å²) in [5.41, 5.74) is 11.3. The summed E-state index contributed by atoms with van der Waals surface area (Å²) in [6.07, 6.45) is 19.7. The van der Waals surface area contributed by atoms with Gasteiger partial charge in [0.15, 0.2) is 5.60 Å². The summed E-state index contributed by atoms with van der Waals surface area (Å²) in [6.45, 7) is 0. The van der Waals surface area contributed by atoms with E-state index >= 15 is 0 Å². The van der Waals surface area contributed by atoms with Crippen molar-refractivity contribution < 1.29 is 46.2 Å². The number of phenols is 1. The number of Topliss-reactive ketones (excluding diaryl/α,β-unsaturated/α-hetero) is 1. The van der Waals surface area contributed by atoms with Crippen molar-refractivity contribution in [3.8, 4) is 23.0 Å². The minimum Gasteiger partial charge on any atom is -1.00 e. The number of ether oxygens (including phenoxy) is 3. The molecule has 6 saturated carbocycles. The minimum absolute atomic E-state index is 0. The van der Waals surface area contributed by atoms with Crippen LogP contribution in [-0.2, 0) is 10.4 Å². The molecule has 87 heavy (non-hydrogen) atoms. The topological polar surface area (TPSA) is 85.2 Å². The van der Waals surface area contributed by atoms with Crippen molar-refractivity contribution in [1.29, 1.82) is 0 Å². The fourth-order valence-corrected chi connectivity index (χ4v) is 17.3. The van der Waals surface area contributed by atoms with Gasteiger partial charge in [-0.2, -0.15) is 36.4 Å². The van der Waals surface area contributed by atoms with Crippen molar-refractivity contribution in [2.75, 3.05) is 14.2 Å². The van der Waals surface area contributed by atoms with Crippen LogP contribution in [0.15, 0.2) is 200 Å². The fourth-order valence-electron chi connectivity index (χ4n) is 17.3. The van der Waals surface area contributed by atoms with Crippen LogP contribution in [0.4, 0.5) is 0 Å². The Labute approximate surface area is 540 Å². The number of ketones is 1. The molecule has 0 radical (unpaired) electrons. The summed E-state index contributed by atoms with van der Waals surface area (Å²) in [7, 11) is 3.39. The van der Waals surface area contributed by atoms with Gasteiger partial charge in [-0.05, 0) is 199 Å². The summed E-state index contributed by atoms with van der Waals surface area (Å²) in [5, 5.41) is 25.1. The fraction of sp³-hybridized carbons (Fsp3) is 0.329. The Balaban J connectivity index is 0.000000118. The van der Waals surface area contributed by atoms with Gasteiger partial charge in [-0.3, -0.25) is 4.79 Å². The molecular weight excluding hydrogens is 1150 g/mol. The largest absolute Gasteiger partial charge is 2.00 e. The Hall–Kier alpha value is -6.68. The maximum Gasteiger partial charge on any atom is 2.00 e. The number of aliphatic hydroxyl groups excluding tert-OH is 1. The van der Waals surface area contributed by atoms with Crippen LogP contribution < -0.4 is 31.2 Å². The van der Waals surface area contributed by atoms with E-state index in [4.69, 9.17) is 14.2 Å². The zero-order valence-electron chi connectivity index (χ0n) is 50.1. The summed E-state index contributed by atoms with van der Waals surface area (Å²) < 4.78 is 18.1. The molecule has 11 unspecified atom stereocenters. The first kappa shape index (κ1) is 60.6. The first-order valence-corrected chi connectivity index (χ1v) is 31.5. The van der Waals surface area contributed by atoms with E-state index in [0.29, 0.717) is 47.0 Å². The van der Waals surface area contributed by atoms with Gasteiger partial charge in [0, 0.05) is 45.2 Å². The maximum absolute atomic E-state index is 12.0. The third kappa shape index (κ3) is 11.4. The summed E-state index contributed by atoms with van der Waals surface area (Å²) >= 11 is 0. The van der Waals surface area contributed by atoms with Crippen molar-refractivity contribution >= 4 is 56.5 Å². The third-order valence-electron chi connectivity index (χ3n) is 21.2. The number of hydrogen-bond acceptors (Lipinski definition) is 6. The van der Waals surface area contributed by atoms with E-state index in [9.17, 15) is 15.0 Å². The van der Waals surface area contributed by atoms with Crippen LogP contribution in [0.25, 0.3) is 27.6 Å². The maximum atomic E-state index is 12.0. The van der Waals surface area contributed by atoms with Crippen molar-refractivity contribution in [2.45, 2.75) is 124 Å². The summed E-state index contributed by atoms with van der Waals surface area (Å²) in [5.74, 6) is 9.48. The number of methoxy groups -OCH3 is 2. The zero-order chi connectivity index (χ0) is 57.6. The average Bonchev–Trinajstić information content (AvgIpc) is 1.74. The van der Waals surface area contributed by atoms with Crippen LogP contribution in [0.5, 0.6) is 23.0 Å². The number of carbonyl (C=O) groups excluding carboxylic acids is 1. The molecule has 11 atom stereocenters.